The molecule has 2 rings (SSSR count). The van der Waals surface area contributed by atoms with Gasteiger partial charge in [0.25, 0.3) is 0 Å². The highest BCUT2D eigenvalue weighted by Gasteiger charge is 2.13. The Morgan fingerprint density at radius 2 is 2.08 bits per heavy atom. The van der Waals surface area contributed by atoms with Crippen molar-refractivity contribution in [3.8, 4) is 0 Å². The molecule has 0 atom stereocenters. The van der Waals surface area contributed by atoms with Crippen LogP contribution in [-0.4, -0.2) is 29.7 Å². The normalized spacial score (nSPS) is 11.6. The maximum Gasteiger partial charge on any atom is 0.191 e. The molecule has 0 amide bonds. The second kappa shape index (κ2) is 9.05. The van der Waals surface area contributed by atoms with Crippen molar-refractivity contribution < 1.29 is 4.52 Å². The van der Waals surface area contributed by atoms with E-state index in [0.29, 0.717) is 6.54 Å². The second-order valence-electron chi connectivity index (χ2n) is 5.64. The summed E-state index contributed by atoms with van der Waals surface area (Å²) in [7, 11) is 1.78. The highest BCUT2D eigenvalue weighted by molar-refractivity contribution is 5.79. The summed E-state index contributed by atoms with van der Waals surface area (Å²) in [6.07, 6.45) is 6.38. The van der Waals surface area contributed by atoms with E-state index in [9.17, 15) is 0 Å². The number of nitrogens with one attached hydrogen (secondary N) is 2. The monoisotopic (exact) mass is 329 g/mol. The van der Waals surface area contributed by atoms with Gasteiger partial charge in [-0.1, -0.05) is 19.0 Å². The molecule has 0 saturated heterocycles. The van der Waals surface area contributed by atoms with Crippen LogP contribution in [0.2, 0.25) is 0 Å². The molecule has 0 saturated carbocycles. The third kappa shape index (κ3) is 4.57. The van der Waals surface area contributed by atoms with Gasteiger partial charge in [0.15, 0.2) is 5.96 Å². The first-order chi connectivity index (χ1) is 11.7. The van der Waals surface area contributed by atoms with E-state index in [1.807, 2.05) is 12.4 Å². The largest absolute Gasteiger partial charge is 0.361 e. The van der Waals surface area contributed by atoms with Crippen molar-refractivity contribution in [1.29, 1.82) is 0 Å². The Balaban J connectivity index is 1.87. The molecule has 2 heterocycles. The van der Waals surface area contributed by atoms with Gasteiger partial charge in [-0.2, -0.15) is 0 Å². The van der Waals surface area contributed by atoms with Crippen LogP contribution < -0.4 is 10.6 Å². The van der Waals surface area contributed by atoms with Gasteiger partial charge >= 0.3 is 0 Å². The summed E-state index contributed by atoms with van der Waals surface area (Å²) in [5.74, 6) is 1.73. The van der Waals surface area contributed by atoms with E-state index in [2.05, 4.69) is 52.6 Å². The first kappa shape index (κ1) is 18.0. The lowest BCUT2D eigenvalue weighted by Crippen LogP contribution is -2.38. The number of hydrogen-bond donors (Lipinski definition) is 2. The fraction of sp³-hybridized carbons (Fsp3) is 0.500. The summed E-state index contributed by atoms with van der Waals surface area (Å²) >= 11 is 0. The molecule has 6 heteroatoms. The van der Waals surface area contributed by atoms with Crippen LogP contribution in [-0.2, 0) is 25.8 Å². The van der Waals surface area contributed by atoms with Gasteiger partial charge in [0.05, 0.1) is 5.69 Å². The molecular formula is C18H27N5O. The number of pyridine rings is 1. The fourth-order valence-electron chi connectivity index (χ4n) is 2.63. The summed E-state index contributed by atoms with van der Waals surface area (Å²) in [4.78, 5) is 8.41. The van der Waals surface area contributed by atoms with Gasteiger partial charge in [0, 0.05) is 44.5 Å². The standard InChI is InChI=1S/C18H27N5O/c1-5-16-15(17(6-2)24-23-16)12-22-18(19-4)21-10-8-14-7-9-20-11-13(14)3/h7,9,11H,5-6,8,10,12H2,1-4H3,(H2,19,21,22). The quantitative estimate of drug-likeness (QED) is 0.603. The minimum absolute atomic E-state index is 0.670. The molecule has 0 bridgehead atoms. The second-order valence-corrected chi connectivity index (χ2v) is 5.64. The van der Waals surface area contributed by atoms with E-state index in [4.69, 9.17) is 4.52 Å². The van der Waals surface area contributed by atoms with Gasteiger partial charge in [0.2, 0.25) is 0 Å². The first-order valence-corrected chi connectivity index (χ1v) is 8.49. The molecule has 0 aromatic carbocycles. The lowest BCUT2D eigenvalue weighted by molar-refractivity contribution is 0.380. The molecule has 0 unspecified atom stereocenters. The summed E-state index contributed by atoms with van der Waals surface area (Å²) in [5, 5.41) is 10.8. The minimum Gasteiger partial charge on any atom is -0.361 e. The van der Waals surface area contributed by atoms with Crippen molar-refractivity contribution in [1.82, 2.24) is 20.8 Å². The SMILES string of the molecule is CCc1noc(CC)c1CNC(=NC)NCCc1ccncc1C. The van der Waals surface area contributed by atoms with Crippen LogP contribution in [0.5, 0.6) is 0 Å². The van der Waals surface area contributed by atoms with E-state index in [1.165, 1.54) is 11.1 Å². The first-order valence-electron chi connectivity index (χ1n) is 8.49. The number of guanidine groups is 1. The fourth-order valence-corrected chi connectivity index (χ4v) is 2.63. The molecule has 0 radical (unpaired) electrons. The summed E-state index contributed by atoms with van der Waals surface area (Å²) < 4.78 is 5.40. The number of rotatable bonds is 7. The van der Waals surface area contributed by atoms with E-state index in [0.717, 1.165) is 48.8 Å². The highest BCUT2D eigenvalue weighted by atomic mass is 16.5. The summed E-state index contributed by atoms with van der Waals surface area (Å²) in [6, 6.07) is 2.06. The third-order valence-electron chi connectivity index (χ3n) is 4.09. The van der Waals surface area contributed by atoms with Gasteiger partial charge in [-0.05, 0) is 37.0 Å². The molecular weight excluding hydrogens is 302 g/mol. The van der Waals surface area contributed by atoms with Crippen molar-refractivity contribution in [2.45, 2.75) is 46.6 Å². The molecule has 2 N–H and O–H groups in total. The number of nitrogens with zero attached hydrogens (tertiary/aromatic N) is 3. The third-order valence-corrected chi connectivity index (χ3v) is 4.09. The zero-order valence-corrected chi connectivity index (χ0v) is 15.0. The van der Waals surface area contributed by atoms with Crippen molar-refractivity contribution in [3.05, 3.63) is 46.6 Å². The summed E-state index contributed by atoms with van der Waals surface area (Å²) in [6.45, 7) is 7.73. The van der Waals surface area contributed by atoms with Crippen molar-refractivity contribution in [2.24, 2.45) is 4.99 Å². The van der Waals surface area contributed by atoms with Crippen LogP contribution in [0.1, 0.15) is 42.0 Å². The van der Waals surface area contributed by atoms with Gasteiger partial charge in [-0.25, -0.2) is 0 Å². The van der Waals surface area contributed by atoms with E-state index < -0.39 is 0 Å². The molecule has 130 valence electrons. The Labute approximate surface area is 143 Å². The van der Waals surface area contributed by atoms with Crippen LogP contribution >= 0.6 is 0 Å². The lowest BCUT2D eigenvalue weighted by Gasteiger charge is -2.12. The average Bonchev–Trinajstić information content (AvgIpc) is 3.01. The molecule has 24 heavy (non-hydrogen) atoms. The van der Waals surface area contributed by atoms with Gasteiger partial charge in [-0.3, -0.25) is 9.98 Å². The Morgan fingerprint density at radius 1 is 1.25 bits per heavy atom. The van der Waals surface area contributed by atoms with Crippen LogP contribution in [0.25, 0.3) is 0 Å². The number of aromatic nitrogens is 2. The summed E-state index contributed by atoms with van der Waals surface area (Å²) in [5.41, 5.74) is 4.68. The number of aliphatic imine (C=N–C) groups is 1. The highest BCUT2D eigenvalue weighted by Crippen LogP contribution is 2.15. The van der Waals surface area contributed by atoms with Crippen LogP contribution in [0.15, 0.2) is 28.0 Å². The Morgan fingerprint density at radius 3 is 2.75 bits per heavy atom. The predicted molar refractivity (Wildman–Crippen MR) is 96.1 cm³/mol. The Kier molecular flexibility index (Phi) is 6.78. The maximum absolute atomic E-state index is 5.40. The molecule has 6 nitrogen and oxygen atoms in total. The van der Waals surface area contributed by atoms with Crippen molar-refractivity contribution >= 4 is 5.96 Å². The molecule has 0 spiro atoms. The molecule has 0 fully saturated rings. The zero-order chi connectivity index (χ0) is 17.4. The van der Waals surface area contributed by atoms with Crippen LogP contribution in [0.3, 0.4) is 0 Å². The van der Waals surface area contributed by atoms with Crippen molar-refractivity contribution in [3.63, 3.8) is 0 Å². The van der Waals surface area contributed by atoms with E-state index >= 15 is 0 Å². The van der Waals surface area contributed by atoms with Crippen LogP contribution in [0, 0.1) is 6.92 Å². The molecule has 2 aromatic heterocycles. The van der Waals surface area contributed by atoms with Gasteiger partial charge in [-0.15, -0.1) is 0 Å². The molecule has 0 aliphatic heterocycles. The predicted octanol–water partition coefficient (Wildman–Crippen LogP) is 2.41. The molecule has 0 aliphatic carbocycles. The van der Waals surface area contributed by atoms with Crippen LogP contribution in [0.4, 0.5) is 0 Å². The van der Waals surface area contributed by atoms with Gasteiger partial charge in [0.1, 0.15) is 5.76 Å². The lowest BCUT2D eigenvalue weighted by atomic mass is 10.1. The Bertz CT molecular complexity index is 656. The molecule has 2 aromatic rings. The average molecular weight is 329 g/mol. The number of aryl methyl sites for hydroxylation is 3. The Hall–Kier alpha value is -2.37. The number of hydrogen-bond acceptors (Lipinski definition) is 4. The van der Waals surface area contributed by atoms with Crippen molar-refractivity contribution in [2.75, 3.05) is 13.6 Å². The topological polar surface area (TPSA) is 75.3 Å². The molecule has 0 aliphatic rings. The van der Waals surface area contributed by atoms with Gasteiger partial charge < -0.3 is 15.2 Å². The van der Waals surface area contributed by atoms with E-state index in [-0.39, 0.29) is 0 Å². The maximum atomic E-state index is 5.40. The zero-order valence-electron chi connectivity index (χ0n) is 15.0. The van der Waals surface area contributed by atoms with E-state index in [1.54, 1.807) is 7.05 Å². The minimum atomic E-state index is 0.670. The smallest absolute Gasteiger partial charge is 0.191 e.